The predicted octanol–water partition coefficient (Wildman–Crippen LogP) is -0.371. The summed E-state index contributed by atoms with van der Waals surface area (Å²) >= 11 is 5.75. The van der Waals surface area contributed by atoms with Gasteiger partial charge in [-0.25, -0.2) is 0 Å². The van der Waals surface area contributed by atoms with E-state index in [0.717, 1.165) is 0 Å². The van der Waals surface area contributed by atoms with Gasteiger partial charge in [0.2, 0.25) is 0 Å². The molecule has 0 aliphatic rings. The summed E-state index contributed by atoms with van der Waals surface area (Å²) in [5.41, 5.74) is 0. The standard InChI is InChI=1S/BN.Fe.Mn/c1-2;;. The second-order valence-corrected chi connectivity index (χ2v) is 0. The Hall–Kier alpha value is 0.814. The topological polar surface area (TPSA) is 23.8 Å². The van der Waals surface area contributed by atoms with Crippen molar-refractivity contribution in [3.8, 4) is 0 Å². The van der Waals surface area contributed by atoms with Crippen molar-refractivity contribution in [2.75, 3.05) is 0 Å². The zero-order valence-corrected chi connectivity index (χ0v) is 4.04. The van der Waals surface area contributed by atoms with Crippen LogP contribution in [-0.2, 0) is 28.4 Å². The molecule has 0 aromatic carbocycles. The molecule has 0 unspecified atom stereocenters. The van der Waals surface area contributed by atoms with E-state index in [9.17, 15) is 0 Å². The van der Waals surface area contributed by atoms with E-state index < -0.39 is 0 Å². The molecule has 0 amide bonds. The normalized spacial score (nSPS) is 2.75. The summed E-state index contributed by atoms with van der Waals surface area (Å²) in [5.74, 6) is 0. The minimum absolute atomic E-state index is 2.69. The molecule has 0 bridgehead atoms. The molecular formula is BFeMnN. The molecule has 0 radical (unpaired) electrons. The number of nitrogens with zero attached hydrogens (tertiary/aromatic N) is 1. The zero-order valence-electron chi connectivity index (χ0n) is 1.76. The van der Waals surface area contributed by atoms with Crippen molar-refractivity contribution in [2.24, 2.45) is 0 Å². The van der Waals surface area contributed by atoms with Crippen molar-refractivity contribution in [3.63, 3.8) is 0 Å². The Balaban J connectivity index is 0. The molecule has 0 atom stereocenters. The third-order valence-electron chi connectivity index (χ3n) is 0. The Bertz CT molecular complexity index is 12.8. The molecule has 0 saturated carbocycles. The average molecular weight is 136 g/mol. The molecule has 0 aromatic rings. The molecule has 0 aliphatic carbocycles. The minimum atomic E-state index is 2.69. The van der Waals surface area contributed by atoms with E-state index in [1.54, 1.807) is 0 Å². The quantitative estimate of drug-likeness (QED) is 0.416. The van der Waals surface area contributed by atoms with E-state index in [4.69, 9.17) is 5.16 Å². The summed E-state index contributed by atoms with van der Waals surface area (Å²) in [7, 11) is 3.50. The van der Waals surface area contributed by atoms with Crippen LogP contribution in [0, 0.1) is 5.16 Å². The molecule has 0 N–H and O–H groups in total. The fourth-order valence-corrected chi connectivity index (χ4v) is 0. The zero-order chi connectivity index (χ0) is 4.00. The Labute approximate surface area is 41.3 Å². The first kappa shape index (κ1) is 8.84. The third kappa shape index (κ3) is 14.0. The van der Waals surface area contributed by atoms with Gasteiger partial charge in [0.1, 0.15) is 0 Å². The molecule has 0 saturated heterocycles. The SMILES string of the molecule is B#N.[Mn][Fe]. The van der Waals surface area contributed by atoms with Crippen molar-refractivity contribution in [3.05, 3.63) is 0 Å². The van der Waals surface area contributed by atoms with Crippen LogP contribution < -0.4 is 0 Å². The van der Waals surface area contributed by atoms with Crippen LogP contribution in [0.25, 0.3) is 0 Å². The van der Waals surface area contributed by atoms with Gasteiger partial charge in [-0.1, -0.05) is 0 Å². The van der Waals surface area contributed by atoms with Crippen LogP contribution in [-0.4, -0.2) is 7.49 Å². The van der Waals surface area contributed by atoms with Gasteiger partial charge in [0.05, 0.1) is 0 Å². The van der Waals surface area contributed by atoms with Crippen LogP contribution in [0.2, 0.25) is 0 Å². The van der Waals surface area contributed by atoms with Gasteiger partial charge < -0.3 is 0 Å². The van der Waals surface area contributed by atoms with Gasteiger partial charge in [-0.15, -0.1) is 0 Å². The molecule has 0 spiro atoms. The summed E-state index contributed by atoms with van der Waals surface area (Å²) in [6, 6.07) is 0. The monoisotopic (exact) mass is 136 g/mol. The second kappa shape index (κ2) is 45.6. The fraction of sp³-hybridized carbons (Fsp3) is 0. The van der Waals surface area contributed by atoms with Crippen LogP contribution in [0.5, 0.6) is 0 Å². The Morgan fingerprint density at radius 3 is 1.50 bits per heavy atom. The molecule has 0 fully saturated rings. The van der Waals surface area contributed by atoms with Gasteiger partial charge in [-0.3, -0.25) is 0 Å². The molecule has 0 rings (SSSR count). The Morgan fingerprint density at radius 1 is 1.50 bits per heavy atom. The van der Waals surface area contributed by atoms with Crippen LogP contribution in [0.15, 0.2) is 0 Å². The van der Waals surface area contributed by atoms with Gasteiger partial charge >= 0.3 is 41.0 Å². The molecule has 0 heterocycles. The van der Waals surface area contributed by atoms with Gasteiger partial charge in [-0.05, 0) is 0 Å². The van der Waals surface area contributed by atoms with Crippen molar-refractivity contribution in [2.45, 2.75) is 0 Å². The number of rotatable bonds is 0. The second-order valence-electron chi connectivity index (χ2n) is 0. The van der Waals surface area contributed by atoms with Gasteiger partial charge in [0.25, 0.3) is 0 Å². The number of hydrogen-bond donors (Lipinski definition) is 0. The van der Waals surface area contributed by atoms with Crippen LogP contribution >= 0.6 is 0 Å². The first-order valence-electron chi connectivity index (χ1n) is 0.392. The molecular weight excluding hydrogens is 136 g/mol. The van der Waals surface area contributed by atoms with Crippen LogP contribution in [0.4, 0.5) is 0 Å². The average Bonchev–Trinajstić information content (AvgIpc) is 1.50. The van der Waals surface area contributed by atoms with E-state index in [2.05, 4.69) is 35.9 Å². The molecule has 0 aliphatic heterocycles. The maximum atomic E-state index is 6.50. The van der Waals surface area contributed by atoms with E-state index in [-0.39, 0.29) is 0 Å². The van der Waals surface area contributed by atoms with Crippen molar-refractivity contribution in [1.82, 2.24) is 0 Å². The summed E-state index contributed by atoms with van der Waals surface area (Å²) in [5, 5.41) is 6.50. The molecule has 4 heteroatoms. The first-order valence-corrected chi connectivity index (χ1v) is 2.53. The molecule has 4 heavy (non-hydrogen) atoms. The molecule has 0 aromatic heterocycles. The summed E-state index contributed by atoms with van der Waals surface area (Å²) in [6.07, 6.45) is 0. The summed E-state index contributed by atoms with van der Waals surface area (Å²) < 4.78 is 0. The Morgan fingerprint density at radius 2 is 1.50 bits per heavy atom. The van der Waals surface area contributed by atoms with Crippen molar-refractivity contribution < 1.29 is 28.4 Å². The van der Waals surface area contributed by atoms with Crippen LogP contribution in [0.3, 0.4) is 0 Å². The van der Waals surface area contributed by atoms with E-state index in [0.29, 0.717) is 0 Å². The predicted molar refractivity (Wildman–Crippen MR) is 7.48 cm³/mol. The van der Waals surface area contributed by atoms with Crippen molar-refractivity contribution in [1.29, 1.82) is 5.16 Å². The van der Waals surface area contributed by atoms with Gasteiger partial charge in [0, 0.05) is 0 Å². The van der Waals surface area contributed by atoms with E-state index >= 15 is 0 Å². The van der Waals surface area contributed by atoms with E-state index in [1.165, 1.54) is 0 Å². The van der Waals surface area contributed by atoms with E-state index in [1.807, 2.05) is 0 Å². The third-order valence-corrected chi connectivity index (χ3v) is 0. The molecule has 23 valence electrons. The summed E-state index contributed by atoms with van der Waals surface area (Å²) in [6.45, 7) is 0. The fourth-order valence-electron chi connectivity index (χ4n) is 0. The van der Waals surface area contributed by atoms with Gasteiger partial charge in [0.15, 0.2) is 0 Å². The van der Waals surface area contributed by atoms with Crippen LogP contribution in [0.1, 0.15) is 0 Å². The summed E-state index contributed by atoms with van der Waals surface area (Å²) in [4.78, 5) is 0. The Kier molecular flexibility index (Phi) is 101. The van der Waals surface area contributed by atoms with Crippen molar-refractivity contribution >= 4 is 7.49 Å². The number of hydrogen-bond acceptors (Lipinski definition) is 1. The molecule has 1 nitrogen and oxygen atoms in total. The first-order chi connectivity index (χ1) is 2.00. The maximum absolute atomic E-state index is 6.50. The van der Waals surface area contributed by atoms with Gasteiger partial charge in [-0.2, -0.15) is 0 Å².